The highest BCUT2D eigenvalue weighted by atomic mass is 32.1. The van der Waals surface area contributed by atoms with Crippen LogP contribution < -0.4 is 30.2 Å². The molecule has 0 fully saturated rings. The Labute approximate surface area is 183 Å². The molecule has 1 atom stereocenters. The van der Waals surface area contributed by atoms with Gasteiger partial charge in [0.2, 0.25) is 0 Å². The Morgan fingerprint density at radius 1 is 1.13 bits per heavy atom. The normalized spacial score (nSPS) is 15.8. The lowest BCUT2D eigenvalue weighted by Gasteiger charge is -2.30. The number of benzene rings is 2. The van der Waals surface area contributed by atoms with E-state index in [0.717, 1.165) is 0 Å². The number of methoxy groups -OCH3 is 2. The van der Waals surface area contributed by atoms with Crippen LogP contribution in [-0.4, -0.2) is 31.9 Å². The van der Waals surface area contributed by atoms with Crippen LogP contribution in [0.15, 0.2) is 53.7 Å². The van der Waals surface area contributed by atoms with Crippen molar-refractivity contribution < 1.29 is 27.8 Å². The Balaban J connectivity index is 1.95. The summed E-state index contributed by atoms with van der Waals surface area (Å²) in [5.74, 6) is 0.223. The third kappa shape index (κ3) is 5.21. The van der Waals surface area contributed by atoms with E-state index in [4.69, 9.17) is 21.7 Å². The molecular weight excluding hydrogens is 428 g/mol. The molecule has 10 heteroatoms. The lowest BCUT2D eigenvalue weighted by atomic mass is 9.94. The topological polar surface area (TPSA) is 80.9 Å². The molecule has 0 aliphatic carbocycles. The Morgan fingerprint density at radius 3 is 2.58 bits per heavy atom. The molecule has 31 heavy (non-hydrogen) atoms. The number of thiocarbonyl (C=S) groups is 1. The molecule has 3 N–H and O–H groups in total. The summed E-state index contributed by atoms with van der Waals surface area (Å²) in [6, 6.07) is 10.8. The van der Waals surface area contributed by atoms with Crippen molar-refractivity contribution in [1.29, 1.82) is 0 Å². The first kappa shape index (κ1) is 22.3. The summed E-state index contributed by atoms with van der Waals surface area (Å²) >= 11 is 5.25. The molecule has 0 spiro atoms. The standard InChI is InChI=1S/C21H21F2N3O4S/c1-11-17(19(27)25-13-5-4-6-14(10-13)28-2)18(26-21(31)24-11)12-7-8-15(30-20(22)23)16(9-12)29-3/h4-10,18,20H,1-3H3,(H,25,27)(H2,24,26,31). The van der Waals surface area contributed by atoms with E-state index in [1.54, 1.807) is 37.3 Å². The fraction of sp³-hybridized carbons (Fsp3) is 0.238. The van der Waals surface area contributed by atoms with Crippen molar-refractivity contribution in [1.82, 2.24) is 10.6 Å². The Morgan fingerprint density at radius 2 is 1.90 bits per heavy atom. The molecule has 0 radical (unpaired) electrons. The van der Waals surface area contributed by atoms with Crippen LogP contribution >= 0.6 is 12.2 Å². The number of nitrogens with one attached hydrogen (secondary N) is 3. The van der Waals surface area contributed by atoms with E-state index in [2.05, 4.69) is 20.7 Å². The van der Waals surface area contributed by atoms with E-state index in [1.165, 1.54) is 26.4 Å². The van der Waals surface area contributed by atoms with Crippen molar-refractivity contribution in [3.05, 3.63) is 59.3 Å². The first-order valence-electron chi connectivity index (χ1n) is 9.18. The number of carbonyl (C=O) groups is 1. The molecule has 2 aromatic rings. The van der Waals surface area contributed by atoms with Gasteiger partial charge in [0.1, 0.15) is 5.75 Å². The largest absolute Gasteiger partial charge is 0.497 e. The second kappa shape index (κ2) is 9.61. The zero-order valence-corrected chi connectivity index (χ0v) is 17.8. The summed E-state index contributed by atoms with van der Waals surface area (Å²) in [6.07, 6.45) is 0. The number of halogens is 2. The van der Waals surface area contributed by atoms with Gasteiger partial charge in [-0.25, -0.2) is 0 Å². The molecule has 1 heterocycles. The summed E-state index contributed by atoms with van der Waals surface area (Å²) in [7, 11) is 2.88. The highest BCUT2D eigenvalue weighted by Crippen LogP contribution is 2.35. The zero-order chi connectivity index (χ0) is 22.5. The molecule has 1 amide bonds. The highest BCUT2D eigenvalue weighted by molar-refractivity contribution is 7.80. The van der Waals surface area contributed by atoms with Gasteiger partial charge in [0.15, 0.2) is 16.6 Å². The Bertz CT molecular complexity index is 1030. The van der Waals surface area contributed by atoms with Crippen LogP contribution in [0.4, 0.5) is 14.5 Å². The summed E-state index contributed by atoms with van der Waals surface area (Å²) in [5.41, 5.74) is 2.06. The number of alkyl halides is 2. The minimum absolute atomic E-state index is 0.106. The van der Waals surface area contributed by atoms with E-state index in [9.17, 15) is 13.6 Å². The van der Waals surface area contributed by atoms with Crippen LogP contribution in [0.5, 0.6) is 17.2 Å². The zero-order valence-electron chi connectivity index (χ0n) is 17.0. The number of hydrogen-bond acceptors (Lipinski definition) is 5. The minimum atomic E-state index is -2.99. The molecule has 7 nitrogen and oxygen atoms in total. The number of carbonyl (C=O) groups excluding carboxylic acids is 1. The molecule has 0 bridgehead atoms. The summed E-state index contributed by atoms with van der Waals surface area (Å²) < 4.78 is 40.1. The van der Waals surface area contributed by atoms with Gasteiger partial charge in [-0.15, -0.1) is 0 Å². The summed E-state index contributed by atoms with van der Waals surface area (Å²) in [4.78, 5) is 13.1. The number of allylic oxidation sites excluding steroid dienone is 1. The van der Waals surface area contributed by atoms with Crippen LogP contribution in [0.3, 0.4) is 0 Å². The monoisotopic (exact) mass is 449 g/mol. The molecule has 164 valence electrons. The maximum atomic E-state index is 13.1. The maximum absolute atomic E-state index is 13.1. The van der Waals surface area contributed by atoms with Gasteiger partial charge in [-0.05, 0) is 49.0 Å². The average Bonchev–Trinajstić information content (AvgIpc) is 2.73. The summed E-state index contributed by atoms with van der Waals surface area (Å²) in [6.45, 7) is -1.26. The van der Waals surface area contributed by atoms with Crippen LogP contribution in [-0.2, 0) is 4.79 Å². The minimum Gasteiger partial charge on any atom is -0.497 e. The van der Waals surface area contributed by atoms with E-state index < -0.39 is 12.7 Å². The van der Waals surface area contributed by atoms with Gasteiger partial charge in [-0.1, -0.05) is 12.1 Å². The van der Waals surface area contributed by atoms with Crippen molar-refractivity contribution in [2.24, 2.45) is 0 Å². The van der Waals surface area contributed by atoms with Gasteiger partial charge in [-0.2, -0.15) is 8.78 Å². The van der Waals surface area contributed by atoms with Crippen molar-refractivity contribution in [3.63, 3.8) is 0 Å². The van der Waals surface area contributed by atoms with Crippen molar-refractivity contribution in [2.45, 2.75) is 19.6 Å². The SMILES string of the molecule is COc1cccc(NC(=O)C2=C(C)NC(=S)NC2c2ccc(OC(F)F)c(OC)c2)c1. The quantitative estimate of drug-likeness (QED) is 0.556. The van der Waals surface area contributed by atoms with Crippen LogP contribution in [0.1, 0.15) is 18.5 Å². The molecule has 0 saturated carbocycles. The number of ether oxygens (including phenoxy) is 3. The Hall–Kier alpha value is -3.40. The molecule has 1 unspecified atom stereocenters. The highest BCUT2D eigenvalue weighted by Gasteiger charge is 2.30. The molecule has 1 aliphatic rings. The fourth-order valence-corrected chi connectivity index (χ4v) is 3.47. The van der Waals surface area contributed by atoms with Gasteiger partial charge >= 0.3 is 6.61 Å². The van der Waals surface area contributed by atoms with Gasteiger partial charge in [0, 0.05) is 17.5 Å². The molecule has 2 aromatic carbocycles. The summed E-state index contributed by atoms with van der Waals surface area (Å²) in [5, 5.41) is 9.16. The smallest absolute Gasteiger partial charge is 0.387 e. The predicted octanol–water partition coefficient (Wildman–Crippen LogP) is 3.74. The van der Waals surface area contributed by atoms with Crippen LogP contribution in [0.2, 0.25) is 0 Å². The number of rotatable bonds is 7. The van der Waals surface area contributed by atoms with Gasteiger partial charge in [0.05, 0.1) is 25.8 Å². The second-order valence-electron chi connectivity index (χ2n) is 6.55. The fourth-order valence-electron chi connectivity index (χ4n) is 3.20. The first-order valence-corrected chi connectivity index (χ1v) is 9.59. The van der Waals surface area contributed by atoms with E-state index in [0.29, 0.717) is 33.4 Å². The molecule has 1 aliphatic heterocycles. The first-order chi connectivity index (χ1) is 14.8. The number of anilines is 1. The van der Waals surface area contributed by atoms with Gasteiger partial charge in [0.25, 0.3) is 5.91 Å². The predicted molar refractivity (Wildman–Crippen MR) is 116 cm³/mol. The maximum Gasteiger partial charge on any atom is 0.387 e. The second-order valence-corrected chi connectivity index (χ2v) is 6.95. The third-order valence-corrected chi connectivity index (χ3v) is 4.80. The molecule has 0 aromatic heterocycles. The average molecular weight is 449 g/mol. The number of amides is 1. The van der Waals surface area contributed by atoms with Crippen LogP contribution in [0, 0.1) is 0 Å². The van der Waals surface area contributed by atoms with Crippen LogP contribution in [0.25, 0.3) is 0 Å². The van der Waals surface area contributed by atoms with Crippen molar-refractivity contribution in [2.75, 3.05) is 19.5 Å². The Kier molecular flexibility index (Phi) is 6.91. The van der Waals surface area contributed by atoms with E-state index in [1.807, 2.05) is 0 Å². The van der Waals surface area contributed by atoms with Crippen molar-refractivity contribution in [3.8, 4) is 17.2 Å². The van der Waals surface area contributed by atoms with E-state index >= 15 is 0 Å². The molecule has 0 saturated heterocycles. The van der Waals surface area contributed by atoms with E-state index in [-0.39, 0.29) is 17.4 Å². The van der Waals surface area contributed by atoms with Gasteiger partial charge in [-0.3, -0.25) is 4.79 Å². The molecular formula is C21H21F2N3O4S. The third-order valence-electron chi connectivity index (χ3n) is 4.58. The van der Waals surface area contributed by atoms with Crippen molar-refractivity contribution >= 4 is 28.9 Å². The number of hydrogen-bond donors (Lipinski definition) is 3. The molecule has 3 rings (SSSR count). The lowest BCUT2D eigenvalue weighted by molar-refractivity contribution is -0.113. The van der Waals surface area contributed by atoms with Gasteiger partial charge < -0.3 is 30.2 Å². The lowest BCUT2D eigenvalue weighted by Crippen LogP contribution is -2.45.